The summed E-state index contributed by atoms with van der Waals surface area (Å²) in [4.78, 5) is 16.4. The minimum atomic E-state index is -0.483. The predicted molar refractivity (Wildman–Crippen MR) is 93.1 cm³/mol. The van der Waals surface area contributed by atoms with Gasteiger partial charge in [-0.1, -0.05) is 37.3 Å². The van der Waals surface area contributed by atoms with Gasteiger partial charge in [0.05, 0.1) is 17.8 Å². The number of hydrogen-bond donors (Lipinski definition) is 0. The fourth-order valence-corrected chi connectivity index (χ4v) is 2.61. The van der Waals surface area contributed by atoms with E-state index in [0.717, 1.165) is 28.6 Å². The molecule has 0 saturated heterocycles. The molecule has 1 heterocycles. The largest absolute Gasteiger partial charge is 0.494 e. The van der Waals surface area contributed by atoms with Crippen LogP contribution in [0.3, 0.4) is 0 Å². The average Bonchev–Trinajstić information content (AvgIpc) is 2.59. The third kappa shape index (κ3) is 3.35. The topological polar surface area (TPSA) is 39.2 Å². The van der Waals surface area contributed by atoms with Gasteiger partial charge >= 0.3 is 0 Å². The van der Waals surface area contributed by atoms with Crippen molar-refractivity contribution in [1.29, 1.82) is 0 Å². The van der Waals surface area contributed by atoms with Crippen LogP contribution in [0.5, 0.6) is 5.75 Å². The third-order valence-corrected chi connectivity index (χ3v) is 3.73. The fraction of sp³-hybridized carbons (Fsp3) is 0.158. The first kappa shape index (κ1) is 15.5. The number of carbonyl (C=O) groups excluding carboxylic acids is 1. The standard InChI is InChI=1S/C19H16ClNO2/c1-2-10-23-14-7-5-6-13(11-14)18-12-16(19(20)22)15-8-3-4-9-17(15)21-18/h3-9,11-12H,2,10H2,1H3. The Kier molecular flexibility index (Phi) is 4.58. The number of pyridine rings is 1. The molecule has 0 aliphatic heterocycles. The van der Waals surface area contributed by atoms with Crippen LogP contribution in [0.1, 0.15) is 23.7 Å². The highest BCUT2D eigenvalue weighted by molar-refractivity contribution is 6.68. The molecule has 0 radical (unpaired) electrons. The highest BCUT2D eigenvalue weighted by Crippen LogP contribution is 2.28. The van der Waals surface area contributed by atoms with Gasteiger partial charge in [-0.25, -0.2) is 4.98 Å². The molecule has 3 rings (SSSR count). The Morgan fingerprint density at radius 2 is 1.96 bits per heavy atom. The van der Waals surface area contributed by atoms with E-state index in [9.17, 15) is 4.79 Å². The zero-order chi connectivity index (χ0) is 16.2. The Morgan fingerprint density at radius 1 is 1.13 bits per heavy atom. The lowest BCUT2D eigenvalue weighted by atomic mass is 10.0. The number of carbonyl (C=O) groups is 1. The van der Waals surface area contributed by atoms with Crippen molar-refractivity contribution >= 4 is 27.7 Å². The second kappa shape index (κ2) is 6.80. The Morgan fingerprint density at radius 3 is 2.74 bits per heavy atom. The Balaban J connectivity index is 2.11. The van der Waals surface area contributed by atoms with E-state index < -0.39 is 5.24 Å². The van der Waals surface area contributed by atoms with Crippen LogP contribution in [0.25, 0.3) is 22.2 Å². The summed E-state index contributed by atoms with van der Waals surface area (Å²) in [6.45, 7) is 2.73. The van der Waals surface area contributed by atoms with Gasteiger partial charge in [-0.15, -0.1) is 0 Å². The molecule has 3 nitrogen and oxygen atoms in total. The number of rotatable bonds is 5. The van der Waals surface area contributed by atoms with Gasteiger partial charge in [0.15, 0.2) is 0 Å². The molecule has 0 unspecified atom stereocenters. The second-order valence-corrected chi connectivity index (χ2v) is 5.57. The summed E-state index contributed by atoms with van der Waals surface area (Å²) in [5, 5.41) is 0.276. The van der Waals surface area contributed by atoms with Crippen LogP contribution >= 0.6 is 11.6 Å². The van der Waals surface area contributed by atoms with E-state index in [1.54, 1.807) is 6.07 Å². The molecule has 116 valence electrons. The molecular formula is C19H16ClNO2. The van der Waals surface area contributed by atoms with Crippen LogP contribution in [0, 0.1) is 0 Å². The third-order valence-electron chi connectivity index (χ3n) is 3.53. The Hall–Kier alpha value is -2.39. The molecule has 23 heavy (non-hydrogen) atoms. The Bertz CT molecular complexity index is 861. The maximum absolute atomic E-state index is 11.8. The summed E-state index contributed by atoms with van der Waals surface area (Å²) >= 11 is 5.75. The summed E-state index contributed by atoms with van der Waals surface area (Å²) in [6, 6.07) is 16.9. The summed E-state index contributed by atoms with van der Waals surface area (Å²) < 4.78 is 5.66. The average molecular weight is 326 g/mol. The minimum Gasteiger partial charge on any atom is -0.494 e. The van der Waals surface area contributed by atoms with Crippen molar-refractivity contribution in [2.45, 2.75) is 13.3 Å². The number of nitrogens with zero attached hydrogens (tertiary/aromatic N) is 1. The summed E-state index contributed by atoms with van der Waals surface area (Å²) in [6.07, 6.45) is 0.948. The van der Waals surface area contributed by atoms with Crippen molar-refractivity contribution in [2.24, 2.45) is 0 Å². The molecule has 0 aliphatic rings. The predicted octanol–water partition coefficient (Wildman–Crippen LogP) is 5.07. The first-order valence-electron chi connectivity index (χ1n) is 7.52. The molecule has 0 aliphatic carbocycles. The number of hydrogen-bond acceptors (Lipinski definition) is 3. The first-order valence-corrected chi connectivity index (χ1v) is 7.89. The molecule has 0 bridgehead atoms. The van der Waals surface area contributed by atoms with E-state index in [1.807, 2.05) is 48.5 Å². The van der Waals surface area contributed by atoms with Crippen LogP contribution in [-0.2, 0) is 0 Å². The van der Waals surface area contributed by atoms with Gasteiger partial charge in [-0.2, -0.15) is 0 Å². The number of para-hydroxylation sites is 1. The van der Waals surface area contributed by atoms with Gasteiger partial charge in [-0.05, 0) is 42.3 Å². The molecule has 0 spiro atoms. The van der Waals surface area contributed by atoms with E-state index >= 15 is 0 Å². The molecule has 0 amide bonds. The SMILES string of the molecule is CCCOc1cccc(-c2cc(C(=O)Cl)c3ccccc3n2)c1. The smallest absolute Gasteiger partial charge is 0.253 e. The van der Waals surface area contributed by atoms with Gasteiger partial charge in [0.1, 0.15) is 5.75 Å². The van der Waals surface area contributed by atoms with E-state index in [4.69, 9.17) is 16.3 Å². The molecule has 3 aromatic rings. The van der Waals surface area contributed by atoms with Crippen LogP contribution in [-0.4, -0.2) is 16.8 Å². The van der Waals surface area contributed by atoms with Crippen molar-refractivity contribution in [2.75, 3.05) is 6.61 Å². The van der Waals surface area contributed by atoms with Crippen LogP contribution < -0.4 is 4.74 Å². The van der Waals surface area contributed by atoms with Gasteiger partial charge in [-0.3, -0.25) is 4.79 Å². The second-order valence-electron chi connectivity index (χ2n) is 5.22. The highest BCUT2D eigenvalue weighted by atomic mass is 35.5. The molecule has 1 aromatic heterocycles. The van der Waals surface area contributed by atoms with Crippen molar-refractivity contribution < 1.29 is 9.53 Å². The molecule has 0 atom stereocenters. The monoisotopic (exact) mass is 325 g/mol. The van der Waals surface area contributed by atoms with Gasteiger partial charge in [0.25, 0.3) is 5.24 Å². The summed E-state index contributed by atoms with van der Waals surface area (Å²) in [5.41, 5.74) is 2.80. The van der Waals surface area contributed by atoms with Crippen molar-refractivity contribution in [3.8, 4) is 17.0 Å². The zero-order valence-electron chi connectivity index (χ0n) is 12.8. The van der Waals surface area contributed by atoms with E-state index in [2.05, 4.69) is 11.9 Å². The Labute approximate surface area is 139 Å². The van der Waals surface area contributed by atoms with Crippen molar-refractivity contribution in [3.63, 3.8) is 0 Å². The van der Waals surface area contributed by atoms with Crippen molar-refractivity contribution in [3.05, 3.63) is 60.2 Å². The zero-order valence-corrected chi connectivity index (χ0v) is 13.5. The van der Waals surface area contributed by atoms with E-state index in [0.29, 0.717) is 17.9 Å². The first-order chi connectivity index (χ1) is 11.2. The number of halogens is 1. The number of ether oxygens (including phenoxy) is 1. The van der Waals surface area contributed by atoms with Gasteiger partial charge in [0, 0.05) is 16.5 Å². The lowest BCUT2D eigenvalue weighted by Gasteiger charge is -2.09. The lowest BCUT2D eigenvalue weighted by Crippen LogP contribution is -1.97. The molecule has 4 heteroatoms. The van der Waals surface area contributed by atoms with E-state index in [1.165, 1.54) is 0 Å². The molecular weight excluding hydrogens is 310 g/mol. The highest BCUT2D eigenvalue weighted by Gasteiger charge is 2.12. The molecule has 0 saturated carbocycles. The fourth-order valence-electron chi connectivity index (χ4n) is 2.45. The van der Waals surface area contributed by atoms with Crippen LogP contribution in [0.4, 0.5) is 0 Å². The number of fused-ring (bicyclic) bond motifs is 1. The minimum absolute atomic E-state index is 0.465. The lowest BCUT2D eigenvalue weighted by molar-refractivity contribution is 0.108. The normalized spacial score (nSPS) is 10.7. The maximum Gasteiger partial charge on any atom is 0.253 e. The number of benzene rings is 2. The van der Waals surface area contributed by atoms with Crippen molar-refractivity contribution in [1.82, 2.24) is 4.98 Å². The van der Waals surface area contributed by atoms with Gasteiger partial charge < -0.3 is 4.74 Å². The quantitative estimate of drug-likeness (QED) is 0.615. The molecule has 0 N–H and O–H groups in total. The maximum atomic E-state index is 11.8. The molecule has 0 fully saturated rings. The summed E-state index contributed by atoms with van der Waals surface area (Å²) in [5.74, 6) is 0.790. The summed E-state index contributed by atoms with van der Waals surface area (Å²) in [7, 11) is 0. The van der Waals surface area contributed by atoms with E-state index in [-0.39, 0.29) is 0 Å². The molecule has 2 aromatic carbocycles. The van der Waals surface area contributed by atoms with Crippen LogP contribution in [0.15, 0.2) is 54.6 Å². The van der Waals surface area contributed by atoms with Gasteiger partial charge in [0.2, 0.25) is 0 Å². The van der Waals surface area contributed by atoms with Crippen LogP contribution in [0.2, 0.25) is 0 Å². The number of aromatic nitrogens is 1.